The van der Waals surface area contributed by atoms with Crippen LogP contribution in [0.4, 0.5) is 20.3 Å². The first kappa shape index (κ1) is 24.8. The molecule has 0 amide bonds. The maximum atomic E-state index is 14.5. The first-order valence-electron chi connectivity index (χ1n) is 11.1. The Bertz CT molecular complexity index is 1460. The third-order valence-corrected chi connectivity index (χ3v) is 7.30. The molecule has 0 radical (unpaired) electrons. The lowest BCUT2D eigenvalue weighted by atomic mass is 9.95. The average molecular weight is 501 g/mol. The molecule has 0 aliphatic carbocycles. The number of morpholine rings is 1. The van der Waals surface area contributed by atoms with Gasteiger partial charge >= 0.3 is 0 Å². The molecule has 3 aromatic rings. The van der Waals surface area contributed by atoms with Gasteiger partial charge in [0.2, 0.25) is 0 Å². The van der Waals surface area contributed by atoms with Crippen LogP contribution in [-0.4, -0.2) is 46.0 Å². The first-order valence-corrected chi connectivity index (χ1v) is 13.0. The number of sulfone groups is 1. The number of halogens is 2. The largest absolute Gasteiger partial charge is 0.378 e. The van der Waals surface area contributed by atoms with Gasteiger partial charge in [-0.3, -0.25) is 0 Å². The van der Waals surface area contributed by atoms with Gasteiger partial charge in [0.15, 0.2) is 21.5 Å². The minimum Gasteiger partial charge on any atom is -0.378 e. The molecule has 1 fully saturated rings. The number of ether oxygens (including phenoxy) is 1. The second kappa shape index (κ2) is 9.40. The molecule has 4 rings (SSSR count). The maximum Gasteiger partial charge on any atom is 0.180 e. The summed E-state index contributed by atoms with van der Waals surface area (Å²) in [6.45, 7) is 7.95. The molecule has 1 aliphatic heterocycles. The molecule has 1 aromatic heterocycles. The predicted octanol–water partition coefficient (Wildman–Crippen LogP) is 4.41. The summed E-state index contributed by atoms with van der Waals surface area (Å²) in [7, 11) is -4.06. The Kier molecular flexibility index (Phi) is 6.66. The van der Waals surface area contributed by atoms with E-state index in [1.165, 1.54) is 6.07 Å². The molecule has 0 unspecified atom stereocenters. The van der Waals surface area contributed by atoms with Crippen molar-refractivity contribution in [2.24, 2.45) is 0 Å². The van der Waals surface area contributed by atoms with Crippen LogP contribution in [0.2, 0.25) is 0 Å². The van der Waals surface area contributed by atoms with Gasteiger partial charge in [0.05, 0.1) is 36.0 Å². The number of rotatable bonds is 5. The van der Waals surface area contributed by atoms with Crippen LogP contribution in [0.5, 0.6) is 0 Å². The van der Waals surface area contributed by atoms with Gasteiger partial charge in [-0.1, -0.05) is 6.07 Å². The van der Waals surface area contributed by atoms with E-state index in [1.54, 1.807) is 6.92 Å². The molecule has 2 heterocycles. The van der Waals surface area contributed by atoms with Crippen molar-refractivity contribution < 1.29 is 21.9 Å². The zero-order valence-corrected chi connectivity index (χ0v) is 20.8. The number of aryl methyl sites for hydroxylation is 1. The van der Waals surface area contributed by atoms with E-state index in [0.29, 0.717) is 54.2 Å². The van der Waals surface area contributed by atoms with E-state index < -0.39 is 32.4 Å². The van der Waals surface area contributed by atoms with Crippen molar-refractivity contribution in [1.29, 1.82) is 5.26 Å². The summed E-state index contributed by atoms with van der Waals surface area (Å²) in [6.07, 6.45) is 0.834. The first-order chi connectivity index (χ1) is 16.5. The molecule has 10 heteroatoms. The molecule has 2 aromatic carbocycles. The van der Waals surface area contributed by atoms with Gasteiger partial charge < -0.3 is 15.0 Å². The number of nitrogens with zero attached hydrogens (tertiary/aromatic N) is 3. The third-order valence-electron chi connectivity index (χ3n) is 6.16. The molecule has 0 spiro atoms. The fourth-order valence-corrected chi connectivity index (χ4v) is 5.45. The summed E-state index contributed by atoms with van der Waals surface area (Å²) in [5.41, 5.74) is 3.41. The van der Waals surface area contributed by atoms with Crippen LogP contribution < -0.4 is 10.2 Å². The number of pyridine rings is 1. The Balaban J connectivity index is 1.89. The Hall–Kier alpha value is -3.29. The summed E-state index contributed by atoms with van der Waals surface area (Å²) in [5, 5.41) is 13.7. The second-order valence-electron chi connectivity index (χ2n) is 8.77. The van der Waals surface area contributed by atoms with E-state index >= 15 is 0 Å². The van der Waals surface area contributed by atoms with Crippen molar-refractivity contribution in [2.75, 3.05) is 42.8 Å². The second-order valence-corrected chi connectivity index (χ2v) is 10.7. The van der Waals surface area contributed by atoms with Gasteiger partial charge in [-0.2, -0.15) is 5.26 Å². The van der Waals surface area contributed by atoms with Crippen LogP contribution in [0.3, 0.4) is 0 Å². The fourth-order valence-electron chi connectivity index (χ4n) is 4.50. The van der Waals surface area contributed by atoms with Gasteiger partial charge in [-0.05, 0) is 44.5 Å². The summed E-state index contributed by atoms with van der Waals surface area (Å²) in [6, 6.07) is 7.66. The monoisotopic (exact) mass is 500 g/mol. The minimum atomic E-state index is -4.06. The van der Waals surface area contributed by atoms with Crippen LogP contribution in [0.15, 0.2) is 29.2 Å². The number of anilines is 2. The van der Waals surface area contributed by atoms with Crippen LogP contribution in [0.1, 0.15) is 35.2 Å². The van der Waals surface area contributed by atoms with Crippen LogP contribution in [0.25, 0.3) is 10.9 Å². The van der Waals surface area contributed by atoms with Gasteiger partial charge in [-0.15, -0.1) is 0 Å². The van der Waals surface area contributed by atoms with E-state index in [9.17, 15) is 22.5 Å². The summed E-state index contributed by atoms with van der Waals surface area (Å²) in [4.78, 5) is 6.30. The summed E-state index contributed by atoms with van der Waals surface area (Å²) < 4.78 is 58.2. The molecular formula is C25H26F2N4O3S. The lowest BCUT2D eigenvalue weighted by Crippen LogP contribution is -2.37. The molecule has 7 nitrogen and oxygen atoms in total. The van der Waals surface area contributed by atoms with Crippen molar-refractivity contribution in [3.8, 4) is 6.07 Å². The molecule has 184 valence electrons. The van der Waals surface area contributed by atoms with Crippen LogP contribution in [-0.2, 0) is 14.6 Å². The summed E-state index contributed by atoms with van der Waals surface area (Å²) in [5.74, 6) is -1.97. The van der Waals surface area contributed by atoms with E-state index in [0.717, 1.165) is 23.4 Å². The van der Waals surface area contributed by atoms with Crippen LogP contribution in [0, 0.1) is 36.8 Å². The van der Waals surface area contributed by atoms with Crippen molar-refractivity contribution >= 4 is 32.2 Å². The Labute approximate surface area is 203 Å². The van der Waals surface area contributed by atoms with E-state index in [-0.39, 0.29) is 5.69 Å². The quantitative estimate of drug-likeness (QED) is 0.554. The number of benzene rings is 2. The van der Waals surface area contributed by atoms with Gasteiger partial charge in [0.25, 0.3) is 0 Å². The number of aromatic nitrogens is 1. The lowest BCUT2D eigenvalue weighted by molar-refractivity contribution is 0.122. The fraction of sp³-hybridized carbons (Fsp3) is 0.360. The highest BCUT2D eigenvalue weighted by atomic mass is 32.2. The van der Waals surface area contributed by atoms with E-state index in [4.69, 9.17) is 9.72 Å². The van der Waals surface area contributed by atoms with Gasteiger partial charge in [0.1, 0.15) is 16.8 Å². The van der Waals surface area contributed by atoms with Crippen molar-refractivity contribution in [1.82, 2.24) is 4.98 Å². The van der Waals surface area contributed by atoms with Gasteiger partial charge in [-0.25, -0.2) is 22.2 Å². The standard InChI is InChI=1S/C25H26F2N4O3S/c1-14-11-17(16(3)29-21-6-5-20(26)22(27)24(21)35(4,32)33)23-18(12-14)19(13-28)15(2)25(30-23)31-7-9-34-10-8-31/h5-6,11-12,16,29H,7-10H2,1-4H3/t16-/m0/s1. The number of fused-ring (bicyclic) bond motifs is 1. The molecule has 1 atom stereocenters. The Morgan fingerprint density at radius 3 is 2.51 bits per heavy atom. The number of nitrogens with one attached hydrogen (secondary N) is 1. The maximum absolute atomic E-state index is 14.5. The topological polar surface area (TPSA) is 95.3 Å². The van der Waals surface area contributed by atoms with Crippen molar-refractivity contribution in [3.63, 3.8) is 0 Å². The minimum absolute atomic E-state index is 0.0467. The van der Waals surface area contributed by atoms with E-state index in [2.05, 4.69) is 16.3 Å². The molecule has 0 bridgehead atoms. The molecule has 0 saturated carbocycles. The zero-order chi connectivity index (χ0) is 25.5. The number of nitriles is 1. The van der Waals surface area contributed by atoms with Gasteiger partial charge in [0, 0.05) is 35.9 Å². The number of hydrogen-bond donors (Lipinski definition) is 1. The third kappa shape index (κ3) is 4.66. The average Bonchev–Trinajstić information content (AvgIpc) is 2.80. The van der Waals surface area contributed by atoms with E-state index in [1.807, 2.05) is 26.0 Å². The highest BCUT2D eigenvalue weighted by Gasteiger charge is 2.25. The highest BCUT2D eigenvalue weighted by Crippen LogP contribution is 2.35. The Morgan fingerprint density at radius 2 is 1.89 bits per heavy atom. The molecule has 1 saturated heterocycles. The molecule has 35 heavy (non-hydrogen) atoms. The summed E-state index contributed by atoms with van der Waals surface area (Å²) >= 11 is 0. The predicted molar refractivity (Wildman–Crippen MR) is 130 cm³/mol. The van der Waals surface area contributed by atoms with Crippen molar-refractivity contribution in [3.05, 3.63) is 58.2 Å². The number of hydrogen-bond acceptors (Lipinski definition) is 7. The molecule has 1 N–H and O–H groups in total. The molecular weight excluding hydrogens is 474 g/mol. The Morgan fingerprint density at radius 1 is 1.20 bits per heavy atom. The van der Waals surface area contributed by atoms with Crippen LogP contribution >= 0.6 is 0 Å². The smallest absolute Gasteiger partial charge is 0.180 e. The SMILES string of the molecule is Cc1cc([C@H](C)Nc2ccc(F)c(F)c2S(C)(=O)=O)c2nc(N3CCOCC3)c(C)c(C#N)c2c1. The molecule has 1 aliphatic rings. The zero-order valence-electron chi connectivity index (χ0n) is 19.9. The lowest BCUT2D eigenvalue weighted by Gasteiger charge is -2.30. The normalized spacial score (nSPS) is 15.2. The highest BCUT2D eigenvalue weighted by molar-refractivity contribution is 7.90. The van der Waals surface area contributed by atoms with Crippen molar-refractivity contribution in [2.45, 2.75) is 31.7 Å².